The number of anilines is 1. The van der Waals surface area contributed by atoms with E-state index in [4.69, 9.17) is 0 Å². The molecule has 0 atom stereocenters. The summed E-state index contributed by atoms with van der Waals surface area (Å²) < 4.78 is 13.9. The average Bonchev–Trinajstić information content (AvgIpc) is 2.28. The van der Waals surface area contributed by atoms with Crippen molar-refractivity contribution < 1.29 is 4.39 Å². The monoisotopic (exact) mass is 285 g/mol. The molecule has 1 N–H and O–H groups in total. The lowest BCUT2D eigenvalue weighted by molar-refractivity contribution is 0.627. The smallest absolute Gasteiger partial charge is 0.125 e. The second kappa shape index (κ2) is 7.44. The van der Waals surface area contributed by atoms with Crippen LogP contribution < -0.4 is 5.32 Å². The van der Waals surface area contributed by atoms with Gasteiger partial charge in [-0.25, -0.2) is 4.39 Å². The molecule has 3 heteroatoms. The highest BCUT2D eigenvalue weighted by Crippen LogP contribution is 2.22. The van der Waals surface area contributed by atoms with E-state index in [1.807, 2.05) is 6.08 Å². The zero-order valence-corrected chi connectivity index (χ0v) is 10.9. The Bertz CT molecular complexity index is 339. The maximum atomic E-state index is 13.0. The van der Waals surface area contributed by atoms with Gasteiger partial charge in [-0.3, -0.25) is 0 Å². The van der Waals surface area contributed by atoms with E-state index < -0.39 is 0 Å². The summed E-state index contributed by atoms with van der Waals surface area (Å²) in [4.78, 5) is 0. The Morgan fingerprint density at radius 1 is 1.31 bits per heavy atom. The summed E-state index contributed by atoms with van der Waals surface area (Å²) in [6, 6.07) is 4.67. The summed E-state index contributed by atoms with van der Waals surface area (Å²) in [5, 5.41) is 3.22. The molecule has 0 saturated heterocycles. The van der Waals surface area contributed by atoms with Crippen molar-refractivity contribution in [3.8, 4) is 0 Å². The maximum Gasteiger partial charge on any atom is 0.125 e. The molecule has 0 heterocycles. The first kappa shape index (κ1) is 13.2. The van der Waals surface area contributed by atoms with E-state index in [1.165, 1.54) is 25.0 Å². The summed E-state index contributed by atoms with van der Waals surface area (Å²) >= 11 is 3.38. The van der Waals surface area contributed by atoms with Crippen LogP contribution in [0, 0.1) is 5.82 Å². The first-order chi connectivity index (χ1) is 7.74. The minimum absolute atomic E-state index is 0.211. The number of benzene rings is 1. The van der Waals surface area contributed by atoms with Crippen LogP contribution in [0.3, 0.4) is 0 Å². The quantitative estimate of drug-likeness (QED) is 0.563. The van der Waals surface area contributed by atoms with Crippen molar-refractivity contribution in [2.75, 3.05) is 11.9 Å². The number of unbranched alkanes of at least 4 members (excludes halogenated alkanes) is 3. The molecule has 16 heavy (non-hydrogen) atoms. The third kappa shape index (κ3) is 4.79. The van der Waals surface area contributed by atoms with Gasteiger partial charge in [0.1, 0.15) is 5.82 Å². The topological polar surface area (TPSA) is 12.0 Å². The summed E-state index contributed by atoms with van der Waals surface area (Å²) in [5.74, 6) is -0.211. The third-order valence-corrected chi connectivity index (χ3v) is 3.02. The molecule has 0 aromatic heterocycles. The van der Waals surface area contributed by atoms with E-state index in [0.29, 0.717) is 0 Å². The standard InChI is InChI=1S/C13H17BrFN/c1-2-3-4-5-6-9-16-13-10-11(15)7-8-12(13)14/h2,7-8,10,16H,1,3-6,9H2. The minimum Gasteiger partial charge on any atom is -0.384 e. The van der Waals surface area contributed by atoms with Gasteiger partial charge in [-0.2, -0.15) is 0 Å². The SMILES string of the molecule is C=CCCCCCNc1cc(F)ccc1Br. The predicted molar refractivity (Wildman–Crippen MR) is 71.3 cm³/mol. The Hall–Kier alpha value is -0.830. The van der Waals surface area contributed by atoms with E-state index in [9.17, 15) is 4.39 Å². The van der Waals surface area contributed by atoms with Gasteiger partial charge in [-0.05, 0) is 53.4 Å². The molecule has 0 bridgehead atoms. The molecule has 0 amide bonds. The Morgan fingerprint density at radius 2 is 2.12 bits per heavy atom. The predicted octanol–water partition coefficient (Wildman–Crippen LogP) is 4.75. The number of halogens is 2. The van der Waals surface area contributed by atoms with E-state index in [2.05, 4.69) is 27.8 Å². The molecule has 88 valence electrons. The summed E-state index contributed by atoms with van der Waals surface area (Å²) in [6.07, 6.45) is 6.46. The van der Waals surface area contributed by atoms with E-state index in [0.717, 1.165) is 29.5 Å². The van der Waals surface area contributed by atoms with Crippen LogP contribution >= 0.6 is 15.9 Å². The van der Waals surface area contributed by atoms with Crippen molar-refractivity contribution in [2.24, 2.45) is 0 Å². The van der Waals surface area contributed by atoms with Gasteiger partial charge in [-0.15, -0.1) is 6.58 Å². The fraction of sp³-hybridized carbons (Fsp3) is 0.385. The second-order valence-electron chi connectivity index (χ2n) is 3.69. The molecule has 0 unspecified atom stereocenters. The molecular weight excluding hydrogens is 269 g/mol. The lowest BCUT2D eigenvalue weighted by Gasteiger charge is -2.08. The fourth-order valence-corrected chi connectivity index (χ4v) is 1.83. The van der Waals surface area contributed by atoms with Crippen molar-refractivity contribution in [2.45, 2.75) is 25.7 Å². The van der Waals surface area contributed by atoms with Crippen molar-refractivity contribution in [1.82, 2.24) is 0 Å². The van der Waals surface area contributed by atoms with Crippen LogP contribution in [0.4, 0.5) is 10.1 Å². The highest BCUT2D eigenvalue weighted by molar-refractivity contribution is 9.10. The Morgan fingerprint density at radius 3 is 2.88 bits per heavy atom. The number of nitrogens with one attached hydrogen (secondary N) is 1. The Labute approximate surface area is 105 Å². The molecule has 0 aliphatic carbocycles. The zero-order chi connectivity index (χ0) is 11.8. The second-order valence-corrected chi connectivity index (χ2v) is 4.54. The fourth-order valence-electron chi connectivity index (χ4n) is 1.45. The van der Waals surface area contributed by atoms with Gasteiger partial charge < -0.3 is 5.32 Å². The third-order valence-electron chi connectivity index (χ3n) is 2.33. The number of allylic oxidation sites excluding steroid dienone is 1. The summed E-state index contributed by atoms with van der Waals surface area (Å²) in [7, 11) is 0. The number of rotatable bonds is 7. The molecule has 0 radical (unpaired) electrons. The van der Waals surface area contributed by atoms with Crippen LogP contribution in [0.1, 0.15) is 25.7 Å². The first-order valence-electron chi connectivity index (χ1n) is 5.54. The highest BCUT2D eigenvalue weighted by Gasteiger charge is 2.00. The van der Waals surface area contributed by atoms with Crippen LogP contribution in [0.15, 0.2) is 35.3 Å². The van der Waals surface area contributed by atoms with Gasteiger partial charge >= 0.3 is 0 Å². The van der Waals surface area contributed by atoms with Gasteiger partial charge in [0.05, 0.1) is 5.69 Å². The zero-order valence-electron chi connectivity index (χ0n) is 9.31. The van der Waals surface area contributed by atoms with Crippen LogP contribution in [0.2, 0.25) is 0 Å². The Kier molecular flexibility index (Phi) is 6.16. The first-order valence-corrected chi connectivity index (χ1v) is 6.33. The highest BCUT2D eigenvalue weighted by atomic mass is 79.9. The van der Waals surface area contributed by atoms with Crippen molar-refractivity contribution in [3.63, 3.8) is 0 Å². The molecule has 1 aromatic rings. The summed E-state index contributed by atoms with van der Waals surface area (Å²) in [5.41, 5.74) is 0.823. The molecule has 1 aromatic carbocycles. The van der Waals surface area contributed by atoms with E-state index >= 15 is 0 Å². The van der Waals surface area contributed by atoms with Gasteiger partial charge in [0.25, 0.3) is 0 Å². The minimum atomic E-state index is -0.211. The molecule has 0 aliphatic heterocycles. The van der Waals surface area contributed by atoms with Crippen molar-refractivity contribution in [1.29, 1.82) is 0 Å². The van der Waals surface area contributed by atoms with Crippen LogP contribution in [-0.2, 0) is 0 Å². The van der Waals surface area contributed by atoms with E-state index in [-0.39, 0.29) is 5.82 Å². The molecular formula is C13H17BrFN. The van der Waals surface area contributed by atoms with Crippen molar-refractivity contribution >= 4 is 21.6 Å². The van der Waals surface area contributed by atoms with Gasteiger partial charge in [0.15, 0.2) is 0 Å². The van der Waals surface area contributed by atoms with Crippen molar-refractivity contribution in [3.05, 3.63) is 41.1 Å². The molecule has 1 nitrogen and oxygen atoms in total. The molecule has 0 aliphatic rings. The van der Waals surface area contributed by atoms with Crippen LogP contribution in [-0.4, -0.2) is 6.54 Å². The summed E-state index contributed by atoms with van der Waals surface area (Å²) in [6.45, 7) is 4.56. The van der Waals surface area contributed by atoms with Gasteiger partial charge in [-0.1, -0.05) is 12.5 Å². The van der Waals surface area contributed by atoms with Gasteiger partial charge in [0.2, 0.25) is 0 Å². The lowest BCUT2D eigenvalue weighted by atomic mass is 10.2. The molecule has 0 fully saturated rings. The molecule has 0 saturated carbocycles. The lowest BCUT2D eigenvalue weighted by Crippen LogP contribution is -2.02. The van der Waals surface area contributed by atoms with Gasteiger partial charge in [0, 0.05) is 11.0 Å². The average molecular weight is 286 g/mol. The molecule has 0 spiro atoms. The van der Waals surface area contributed by atoms with Crippen LogP contribution in [0.25, 0.3) is 0 Å². The van der Waals surface area contributed by atoms with E-state index in [1.54, 1.807) is 6.07 Å². The normalized spacial score (nSPS) is 10.1. The van der Waals surface area contributed by atoms with Crippen LogP contribution in [0.5, 0.6) is 0 Å². The largest absolute Gasteiger partial charge is 0.384 e. The maximum absolute atomic E-state index is 13.0. The Balaban J connectivity index is 2.26. The number of hydrogen-bond acceptors (Lipinski definition) is 1. The molecule has 1 rings (SSSR count). The number of hydrogen-bond donors (Lipinski definition) is 1.